The van der Waals surface area contributed by atoms with Crippen LogP contribution in [0.4, 0.5) is 0 Å². The number of aliphatic hydroxyl groups excluding tert-OH is 1. The summed E-state index contributed by atoms with van der Waals surface area (Å²) in [5.74, 6) is -0.670. The lowest BCUT2D eigenvalue weighted by Gasteiger charge is -2.18. The maximum Gasteiger partial charge on any atom is 0.314 e. The van der Waals surface area contributed by atoms with Crippen LogP contribution in [0.3, 0.4) is 0 Å². The van der Waals surface area contributed by atoms with Gasteiger partial charge < -0.3 is 14.9 Å². The van der Waals surface area contributed by atoms with Crippen molar-refractivity contribution in [3.05, 3.63) is 47.7 Å². The molecular formula is C13H14O4. The number of ether oxygens (including phenoxy) is 1. The van der Waals surface area contributed by atoms with Crippen molar-refractivity contribution in [3.63, 3.8) is 0 Å². The summed E-state index contributed by atoms with van der Waals surface area (Å²) in [6.45, 7) is 0. The fourth-order valence-electron chi connectivity index (χ4n) is 1.78. The molecule has 0 aliphatic heterocycles. The van der Waals surface area contributed by atoms with Crippen molar-refractivity contribution in [1.29, 1.82) is 0 Å². The second-order valence-corrected chi connectivity index (χ2v) is 4.00. The minimum Gasteiger partial charge on any atom is -0.511 e. The lowest BCUT2D eigenvalue weighted by atomic mass is 9.98. The van der Waals surface area contributed by atoms with E-state index in [9.17, 15) is 9.90 Å². The van der Waals surface area contributed by atoms with Crippen LogP contribution < -0.4 is 0 Å². The number of aliphatic carboxylic acids is 1. The fraction of sp³-hybridized carbons (Fsp3) is 0.308. The van der Waals surface area contributed by atoms with Gasteiger partial charge in [-0.3, -0.25) is 4.79 Å². The number of allylic oxidation sites excluding steroid dienone is 6. The first-order valence-electron chi connectivity index (χ1n) is 5.54. The topological polar surface area (TPSA) is 66.8 Å². The predicted molar refractivity (Wildman–Crippen MR) is 62.1 cm³/mol. The van der Waals surface area contributed by atoms with Gasteiger partial charge in [-0.15, -0.1) is 0 Å². The first-order valence-corrected chi connectivity index (χ1v) is 5.54. The highest BCUT2D eigenvalue weighted by Gasteiger charge is 2.25. The summed E-state index contributed by atoms with van der Waals surface area (Å²) in [6, 6.07) is 0. The molecule has 0 bridgehead atoms. The van der Waals surface area contributed by atoms with E-state index in [1.165, 1.54) is 6.08 Å². The average Bonchev–Trinajstić information content (AvgIpc) is 2.30. The quantitative estimate of drug-likeness (QED) is 0.787. The molecule has 2 rings (SSSR count). The van der Waals surface area contributed by atoms with Crippen molar-refractivity contribution in [2.45, 2.75) is 19.3 Å². The van der Waals surface area contributed by atoms with E-state index < -0.39 is 11.9 Å². The molecule has 4 heteroatoms. The summed E-state index contributed by atoms with van der Waals surface area (Å²) in [5, 5.41) is 18.4. The fourth-order valence-corrected chi connectivity index (χ4v) is 1.78. The second-order valence-electron chi connectivity index (χ2n) is 4.00. The lowest BCUT2D eigenvalue weighted by Crippen LogP contribution is -2.18. The van der Waals surface area contributed by atoms with E-state index in [1.54, 1.807) is 6.08 Å². The molecule has 0 saturated carbocycles. The zero-order chi connectivity index (χ0) is 12.3. The largest absolute Gasteiger partial charge is 0.511 e. The van der Waals surface area contributed by atoms with Gasteiger partial charge in [0.25, 0.3) is 0 Å². The zero-order valence-electron chi connectivity index (χ0n) is 9.30. The van der Waals surface area contributed by atoms with Gasteiger partial charge in [-0.2, -0.15) is 0 Å². The van der Waals surface area contributed by atoms with E-state index in [0.29, 0.717) is 5.76 Å². The summed E-state index contributed by atoms with van der Waals surface area (Å²) >= 11 is 0. The standard InChI is InChI=1S/C13H14O4/c14-12-8-10(6-7-11(12)13(15)16)17-9-4-2-1-3-5-9/h1-2,4,6,8,11,14H,3,5,7H2,(H,15,16). The first-order chi connectivity index (χ1) is 8.16. The lowest BCUT2D eigenvalue weighted by molar-refractivity contribution is -0.141. The number of hydrogen-bond acceptors (Lipinski definition) is 3. The Balaban J connectivity index is 2.03. The SMILES string of the molecule is O=C(O)C1CC=C(OC2=CC=CCC2)C=C1O. The number of aliphatic hydroxyl groups is 1. The zero-order valence-corrected chi connectivity index (χ0v) is 9.30. The smallest absolute Gasteiger partial charge is 0.314 e. The van der Waals surface area contributed by atoms with Gasteiger partial charge in [-0.05, 0) is 25.0 Å². The van der Waals surface area contributed by atoms with Gasteiger partial charge in [0.2, 0.25) is 0 Å². The molecule has 1 unspecified atom stereocenters. The van der Waals surface area contributed by atoms with Crippen LogP contribution in [0, 0.1) is 5.92 Å². The Morgan fingerprint density at radius 3 is 2.88 bits per heavy atom. The van der Waals surface area contributed by atoms with Crippen LogP contribution in [0.25, 0.3) is 0 Å². The molecule has 0 aromatic carbocycles. The highest BCUT2D eigenvalue weighted by molar-refractivity contribution is 5.73. The average molecular weight is 234 g/mol. The van der Waals surface area contributed by atoms with E-state index in [1.807, 2.05) is 12.2 Å². The van der Waals surface area contributed by atoms with Gasteiger partial charge in [0.05, 0.1) is 0 Å². The van der Waals surface area contributed by atoms with Gasteiger partial charge in [0, 0.05) is 12.5 Å². The van der Waals surface area contributed by atoms with Crippen molar-refractivity contribution in [2.75, 3.05) is 0 Å². The maximum absolute atomic E-state index is 10.8. The van der Waals surface area contributed by atoms with Gasteiger partial charge in [0.1, 0.15) is 23.2 Å². The number of carboxylic acids is 1. The highest BCUT2D eigenvalue weighted by Crippen LogP contribution is 2.26. The number of carbonyl (C=O) groups is 1. The van der Waals surface area contributed by atoms with Crippen LogP contribution >= 0.6 is 0 Å². The van der Waals surface area contributed by atoms with Crippen LogP contribution in [-0.2, 0) is 9.53 Å². The van der Waals surface area contributed by atoms with Gasteiger partial charge >= 0.3 is 5.97 Å². The molecule has 0 radical (unpaired) electrons. The van der Waals surface area contributed by atoms with Gasteiger partial charge in [-0.1, -0.05) is 12.2 Å². The monoisotopic (exact) mass is 234 g/mol. The maximum atomic E-state index is 10.8. The summed E-state index contributed by atoms with van der Waals surface area (Å²) in [5.41, 5.74) is 0. The summed E-state index contributed by atoms with van der Waals surface area (Å²) in [4.78, 5) is 10.8. The van der Waals surface area contributed by atoms with Crippen molar-refractivity contribution in [3.8, 4) is 0 Å². The summed E-state index contributed by atoms with van der Waals surface area (Å²) in [6.07, 6.45) is 10.9. The Morgan fingerprint density at radius 2 is 2.29 bits per heavy atom. The van der Waals surface area contributed by atoms with Gasteiger partial charge in [0.15, 0.2) is 0 Å². The van der Waals surface area contributed by atoms with Crippen LogP contribution in [-0.4, -0.2) is 16.2 Å². The van der Waals surface area contributed by atoms with Crippen molar-refractivity contribution in [2.24, 2.45) is 5.92 Å². The number of hydrogen-bond donors (Lipinski definition) is 2. The van der Waals surface area contributed by atoms with E-state index in [-0.39, 0.29) is 12.2 Å². The minimum atomic E-state index is -1.02. The Hall–Kier alpha value is -1.97. The minimum absolute atomic E-state index is 0.151. The third kappa shape index (κ3) is 2.78. The third-order valence-corrected chi connectivity index (χ3v) is 2.72. The molecule has 4 nitrogen and oxygen atoms in total. The van der Waals surface area contributed by atoms with E-state index in [2.05, 4.69) is 6.08 Å². The molecule has 0 amide bonds. The second kappa shape index (κ2) is 4.91. The molecule has 2 aliphatic carbocycles. The van der Waals surface area contributed by atoms with Crippen LogP contribution in [0.1, 0.15) is 19.3 Å². The molecule has 0 saturated heterocycles. The molecule has 0 aromatic rings. The molecule has 2 aliphatic rings. The number of rotatable bonds is 3. The molecule has 2 N–H and O–H groups in total. The number of carboxylic acid groups (broad SMARTS) is 1. The molecule has 17 heavy (non-hydrogen) atoms. The Labute approximate surface area is 99.2 Å². The first kappa shape index (κ1) is 11.5. The van der Waals surface area contributed by atoms with Gasteiger partial charge in [-0.25, -0.2) is 0 Å². The van der Waals surface area contributed by atoms with Crippen LogP contribution in [0.15, 0.2) is 47.7 Å². The molecule has 1 atom stereocenters. The Bertz CT molecular complexity index is 440. The Morgan fingerprint density at radius 1 is 1.47 bits per heavy atom. The molecule has 90 valence electrons. The molecule has 0 spiro atoms. The predicted octanol–water partition coefficient (Wildman–Crippen LogP) is 2.67. The van der Waals surface area contributed by atoms with Crippen LogP contribution in [0.5, 0.6) is 0 Å². The third-order valence-electron chi connectivity index (χ3n) is 2.72. The summed E-state index contributed by atoms with van der Waals surface area (Å²) in [7, 11) is 0. The van der Waals surface area contributed by atoms with Crippen LogP contribution in [0.2, 0.25) is 0 Å². The molecular weight excluding hydrogens is 220 g/mol. The highest BCUT2D eigenvalue weighted by atomic mass is 16.5. The van der Waals surface area contributed by atoms with E-state index in [4.69, 9.17) is 9.84 Å². The summed E-state index contributed by atoms with van der Waals surface area (Å²) < 4.78 is 5.57. The van der Waals surface area contributed by atoms with E-state index >= 15 is 0 Å². The van der Waals surface area contributed by atoms with E-state index in [0.717, 1.165) is 18.6 Å². The molecule has 0 heterocycles. The van der Waals surface area contributed by atoms with Crippen molar-refractivity contribution < 1.29 is 19.7 Å². The van der Waals surface area contributed by atoms with Crippen molar-refractivity contribution in [1.82, 2.24) is 0 Å². The Kier molecular flexibility index (Phi) is 3.32. The molecule has 0 aromatic heterocycles. The normalized spacial score (nSPS) is 23.5. The van der Waals surface area contributed by atoms with Crippen molar-refractivity contribution >= 4 is 5.97 Å². The molecule has 0 fully saturated rings.